The number of amides is 2. The molecule has 162 valence electrons. The van der Waals surface area contributed by atoms with Crippen molar-refractivity contribution in [1.82, 2.24) is 20.1 Å². The fourth-order valence-electron chi connectivity index (χ4n) is 3.22. The maximum absolute atomic E-state index is 12.5. The normalized spacial score (nSPS) is 10.7. The molecule has 1 aromatic heterocycles. The lowest BCUT2D eigenvalue weighted by molar-refractivity contribution is 0.251. The van der Waals surface area contributed by atoms with Gasteiger partial charge in [-0.15, -0.1) is 10.2 Å². The molecule has 4 aromatic rings. The predicted octanol–water partition coefficient (Wildman–Crippen LogP) is 5.50. The van der Waals surface area contributed by atoms with Crippen LogP contribution in [0.2, 0.25) is 0 Å². The minimum absolute atomic E-state index is 0.254. The lowest BCUT2D eigenvalue weighted by Gasteiger charge is -2.12. The Morgan fingerprint density at radius 1 is 0.906 bits per heavy atom. The van der Waals surface area contributed by atoms with Crippen LogP contribution >= 0.6 is 11.8 Å². The molecule has 0 aliphatic carbocycles. The number of carbonyl (C=O) groups excluding carboxylic acids is 1. The molecule has 4 rings (SSSR count). The fraction of sp³-hybridized carbons (Fsp3) is 0.160. The van der Waals surface area contributed by atoms with Crippen LogP contribution in [0.4, 0.5) is 10.5 Å². The Kier molecular flexibility index (Phi) is 6.87. The van der Waals surface area contributed by atoms with Crippen molar-refractivity contribution in [3.63, 3.8) is 0 Å². The van der Waals surface area contributed by atoms with Gasteiger partial charge in [0.05, 0.1) is 6.54 Å². The van der Waals surface area contributed by atoms with Gasteiger partial charge >= 0.3 is 6.03 Å². The lowest BCUT2D eigenvalue weighted by atomic mass is 10.2. The van der Waals surface area contributed by atoms with Gasteiger partial charge in [-0.3, -0.25) is 4.57 Å². The van der Waals surface area contributed by atoms with Crippen molar-refractivity contribution in [3.8, 4) is 5.69 Å². The minimum Gasteiger partial charge on any atom is -0.331 e. The molecule has 1 heterocycles. The summed E-state index contributed by atoms with van der Waals surface area (Å²) in [6.07, 6.45) is 0. The number of para-hydroxylation sites is 1. The average Bonchev–Trinajstić information content (AvgIpc) is 3.22. The van der Waals surface area contributed by atoms with E-state index in [2.05, 4.69) is 52.0 Å². The van der Waals surface area contributed by atoms with Gasteiger partial charge < -0.3 is 10.6 Å². The van der Waals surface area contributed by atoms with Crippen LogP contribution in [0.25, 0.3) is 5.69 Å². The van der Waals surface area contributed by atoms with E-state index in [1.54, 1.807) is 11.8 Å². The highest BCUT2D eigenvalue weighted by Crippen LogP contribution is 2.25. The topological polar surface area (TPSA) is 71.8 Å². The summed E-state index contributed by atoms with van der Waals surface area (Å²) in [6.45, 7) is 4.27. The minimum atomic E-state index is -0.281. The number of nitrogens with zero attached hydrogens (tertiary/aromatic N) is 3. The highest BCUT2D eigenvalue weighted by atomic mass is 32.2. The van der Waals surface area contributed by atoms with Gasteiger partial charge in [-0.1, -0.05) is 78.0 Å². The summed E-state index contributed by atoms with van der Waals surface area (Å²) in [5.41, 5.74) is 5.15. The summed E-state index contributed by atoms with van der Waals surface area (Å²) in [5.74, 6) is 1.45. The Morgan fingerprint density at radius 3 is 2.38 bits per heavy atom. The molecular formula is C25H25N5OS. The van der Waals surface area contributed by atoms with E-state index in [9.17, 15) is 4.79 Å². The summed E-state index contributed by atoms with van der Waals surface area (Å²) in [6, 6.07) is 25.9. The third-order valence-corrected chi connectivity index (χ3v) is 6.00. The van der Waals surface area contributed by atoms with Gasteiger partial charge in [-0.2, -0.15) is 0 Å². The first-order chi connectivity index (χ1) is 15.6. The van der Waals surface area contributed by atoms with Crippen molar-refractivity contribution >= 4 is 23.5 Å². The second-order valence-corrected chi connectivity index (χ2v) is 8.41. The maximum atomic E-state index is 12.5. The van der Waals surface area contributed by atoms with Gasteiger partial charge in [0, 0.05) is 17.1 Å². The lowest BCUT2D eigenvalue weighted by Crippen LogP contribution is -2.29. The first kappa shape index (κ1) is 21.6. The monoisotopic (exact) mass is 443 g/mol. The van der Waals surface area contributed by atoms with E-state index in [4.69, 9.17) is 0 Å². The maximum Gasteiger partial charge on any atom is 0.319 e. The summed E-state index contributed by atoms with van der Waals surface area (Å²) in [7, 11) is 0. The highest BCUT2D eigenvalue weighted by molar-refractivity contribution is 7.98. The summed E-state index contributed by atoms with van der Waals surface area (Å²) < 4.78 is 2.00. The summed E-state index contributed by atoms with van der Waals surface area (Å²) in [5, 5.41) is 15.4. The third kappa shape index (κ3) is 5.36. The molecule has 2 N–H and O–H groups in total. The molecule has 7 heteroatoms. The quantitative estimate of drug-likeness (QED) is 0.370. The second kappa shape index (κ2) is 10.2. The Morgan fingerprint density at radius 2 is 1.62 bits per heavy atom. The van der Waals surface area contributed by atoms with E-state index < -0.39 is 0 Å². The van der Waals surface area contributed by atoms with Gasteiger partial charge in [0.1, 0.15) is 0 Å². The zero-order valence-corrected chi connectivity index (χ0v) is 18.9. The van der Waals surface area contributed by atoms with Crippen LogP contribution in [-0.4, -0.2) is 20.8 Å². The number of aryl methyl sites for hydroxylation is 2. The van der Waals surface area contributed by atoms with Gasteiger partial charge in [0.2, 0.25) is 0 Å². The smallest absolute Gasteiger partial charge is 0.319 e. The molecule has 0 aliphatic heterocycles. The molecule has 6 nitrogen and oxygen atoms in total. The van der Waals surface area contributed by atoms with Crippen molar-refractivity contribution in [1.29, 1.82) is 0 Å². The van der Waals surface area contributed by atoms with Gasteiger partial charge in [0.25, 0.3) is 0 Å². The summed E-state index contributed by atoms with van der Waals surface area (Å²) in [4.78, 5) is 12.5. The van der Waals surface area contributed by atoms with Gasteiger partial charge in [-0.25, -0.2) is 4.79 Å². The van der Waals surface area contributed by atoms with Crippen LogP contribution in [0, 0.1) is 13.8 Å². The number of hydrogen-bond acceptors (Lipinski definition) is 4. The van der Waals surface area contributed by atoms with E-state index >= 15 is 0 Å². The van der Waals surface area contributed by atoms with Gasteiger partial charge in [0.15, 0.2) is 11.0 Å². The number of carbonyl (C=O) groups is 1. The number of nitrogens with one attached hydrogen (secondary N) is 2. The molecule has 0 unspecified atom stereocenters. The molecule has 0 bridgehead atoms. The number of aromatic nitrogens is 3. The molecule has 0 fully saturated rings. The molecule has 0 atom stereocenters. The predicted molar refractivity (Wildman–Crippen MR) is 129 cm³/mol. The Balaban J connectivity index is 1.51. The third-order valence-electron chi connectivity index (χ3n) is 5.00. The SMILES string of the molecule is Cc1ccc(-n2c(CNC(=O)Nc3ccccc3C)nnc2SCc2ccccc2)cc1. The molecule has 0 aliphatic rings. The molecule has 0 saturated heterocycles. The van der Waals surface area contributed by atoms with E-state index in [0.717, 1.165) is 27.8 Å². The van der Waals surface area contributed by atoms with Crippen LogP contribution in [0.1, 0.15) is 22.5 Å². The molecule has 0 radical (unpaired) electrons. The zero-order chi connectivity index (χ0) is 22.3. The first-order valence-corrected chi connectivity index (χ1v) is 11.4. The van der Waals surface area contributed by atoms with Gasteiger partial charge in [-0.05, 0) is 43.2 Å². The summed E-state index contributed by atoms with van der Waals surface area (Å²) >= 11 is 1.62. The number of urea groups is 1. The van der Waals surface area contributed by atoms with Crippen LogP contribution in [0.15, 0.2) is 84.0 Å². The number of hydrogen-bond donors (Lipinski definition) is 2. The number of anilines is 1. The Hall–Kier alpha value is -3.58. The largest absolute Gasteiger partial charge is 0.331 e. The van der Waals surface area contributed by atoms with Crippen LogP contribution < -0.4 is 10.6 Å². The van der Waals surface area contributed by atoms with E-state index in [1.165, 1.54) is 11.1 Å². The molecular weight excluding hydrogens is 418 g/mol. The second-order valence-electron chi connectivity index (χ2n) is 7.47. The standard InChI is InChI=1S/C25H25N5OS/c1-18-12-14-21(15-13-18)30-23(16-26-24(31)27-22-11-7-6-8-19(22)2)28-29-25(30)32-17-20-9-4-3-5-10-20/h3-15H,16-17H2,1-2H3,(H2,26,27,31). The number of thioether (sulfide) groups is 1. The van der Waals surface area contributed by atoms with Crippen molar-refractivity contribution < 1.29 is 4.79 Å². The van der Waals surface area contributed by atoms with E-state index in [1.807, 2.05) is 66.1 Å². The van der Waals surface area contributed by atoms with E-state index in [0.29, 0.717) is 5.82 Å². The fourth-order valence-corrected chi connectivity index (χ4v) is 4.15. The van der Waals surface area contributed by atoms with Crippen molar-refractivity contribution in [2.45, 2.75) is 31.3 Å². The van der Waals surface area contributed by atoms with Crippen molar-refractivity contribution in [2.24, 2.45) is 0 Å². The molecule has 0 spiro atoms. The first-order valence-electron chi connectivity index (χ1n) is 10.4. The van der Waals surface area contributed by atoms with Crippen LogP contribution in [0.3, 0.4) is 0 Å². The number of benzene rings is 3. The van der Waals surface area contributed by atoms with Crippen molar-refractivity contribution in [3.05, 3.63) is 101 Å². The number of rotatable bonds is 7. The van der Waals surface area contributed by atoms with Crippen molar-refractivity contribution in [2.75, 3.05) is 5.32 Å². The molecule has 3 aromatic carbocycles. The van der Waals surface area contributed by atoms with E-state index in [-0.39, 0.29) is 12.6 Å². The molecule has 2 amide bonds. The molecule has 32 heavy (non-hydrogen) atoms. The highest BCUT2D eigenvalue weighted by Gasteiger charge is 2.16. The van der Waals surface area contributed by atoms with Crippen LogP contribution in [0.5, 0.6) is 0 Å². The Labute approximate surface area is 192 Å². The Bertz CT molecular complexity index is 1190. The van der Waals surface area contributed by atoms with Crippen LogP contribution in [-0.2, 0) is 12.3 Å². The average molecular weight is 444 g/mol. The zero-order valence-electron chi connectivity index (χ0n) is 18.1. The molecule has 0 saturated carbocycles.